The first-order valence-corrected chi connectivity index (χ1v) is 9.11. The van der Waals surface area contributed by atoms with Crippen molar-refractivity contribution >= 4 is 33.4 Å². The van der Waals surface area contributed by atoms with Gasteiger partial charge in [-0.15, -0.1) is 0 Å². The van der Waals surface area contributed by atoms with Crippen LogP contribution in [0.25, 0.3) is 0 Å². The first-order valence-electron chi connectivity index (χ1n) is 8.31. The molecule has 0 spiro atoms. The van der Waals surface area contributed by atoms with Crippen molar-refractivity contribution in [3.8, 4) is 0 Å². The molecular weight excluding hydrogens is 394 g/mol. The Morgan fingerprint density at radius 2 is 1.77 bits per heavy atom. The van der Waals surface area contributed by atoms with Crippen LogP contribution < -0.4 is 4.90 Å². The number of carbonyl (C=O) groups excluding carboxylic acids is 2. The largest absolute Gasteiger partial charge is 0.454 e. The molecule has 5 heteroatoms. The number of carbonyl (C=O) groups is 2. The first-order chi connectivity index (χ1) is 12.3. The molecule has 4 nitrogen and oxygen atoms in total. The Hall–Kier alpha value is -2.40. The summed E-state index contributed by atoms with van der Waals surface area (Å²) in [6.45, 7) is 3.89. The fourth-order valence-corrected chi connectivity index (χ4v) is 3.52. The van der Waals surface area contributed by atoms with E-state index < -0.39 is 5.97 Å². The van der Waals surface area contributed by atoms with Gasteiger partial charge in [-0.3, -0.25) is 4.79 Å². The molecule has 0 bridgehead atoms. The Morgan fingerprint density at radius 1 is 1.12 bits per heavy atom. The van der Waals surface area contributed by atoms with Crippen LogP contribution in [0, 0.1) is 0 Å². The van der Waals surface area contributed by atoms with E-state index in [9.17, 15) is 9.59 Å². The van der Waals surface area contributed by atoms with Crippen molar-refractivity contribution in [1.29, 1.82) is 0 Å². The van der Waals surface area contributed by atoms with Crippen molar-refractivity contribution in [3.63, 3.8) is 0 Å². The van der Waals surface area contributed by atoms with Gasteiger partial charge in [0.2, 0.25) is 0 Å². The molecular formula is C21H20BrNO3. The number of nitrogens with zero attached hydrogens (tertiary/aromatic N) is 1. The van der Waals surface area contributed by atoms with Crippen LogP contribution in [0.5, 0.6) is 0 Å². The molecule has 2 aromatic rings. The number of para-hydroxylation sites is 1. The zero-order chi connectivity index (χ0) is 18.9. The van der Waals surface area contributed by atoms with Gasteiger partial charge in [-0.2, -0.15) is 0 Å². The fourth-order valence-electron chi connectivity index (χ4n) is 3.26. The van der Waals surface area contributed by atoms with Gasteiger partial charge in [-0.25, -0.2) is 4.79 Å². The van der Waals surface area contributed by atoms with Crippen LogP contribution in [0.4, 0.5) is 5.69 Å². The zero-order valence-corrected chi connectivity index (χ0v) is 16.5. The van der Waals surface area contributed by atoms with Crippen LogP contribution in [0.15, 0.2) is 64.8 Å². The molecule has 0 aliphatic carbocycles. The van der Waals surface area contributed by atoms with Gasteiger partial charge in [0.1, 0.15) is 0 Å². The summed E-state index contributed by atoms with van der Waals surface area (Å²) in [7, 11) is 1.94. The number of anilines is 1. The minimum atomic E-state index is -0.508. The normalized spacial score (nSPS) is 16.5. The number of hydrogen-bond acceptors (Lipinski definition) is 4. The lowest BCUT2D eigenvalue weighted by molar-refractivity contribution is -0.117. The quantitative estimate of drug-likeness (QED) is 0.547. The second-order valence-electron chi connectivity index (χ2n) is 6.78. The summed E-state index contributed by atoms with van der Waals surface area (Å²) in [6, 6.07) is 14.9. The van der Waals surface area contributed by atoms with Crippen molar-refractivity contribution in [2.45, 2.75) is 19.3 Å². The molecule has 0 atom stereocenters. The molecule has 0 saturated heterocycles. The second kappa shape index (κ2) is 7.08. The van der Waals surface area contributed by atoms with Gasteiger partial charge in [0.25, 0.3) is 0 Å². The van der Waals surface area contributed by atoms with E-state index in [1.54, 1.807) is 30.3 Å². The summed E-state index contributed by atoms with van der Waals surface area (Å²) in [6.07, 6.45) is 1.58. The van der Waals surface area contributed by atoms with Crippen LogP contribution in [-0.4, -0.2) is 25.4 Å². The number of benzene rings is 2. The van der Waals surface area contributed by atoms with E-state index in [4.69, 9.17) is 4.74 Å². The van der Waals surface area contributed by atoms with E-state index in [0.29, 0.717) is 5.56 Å². The summed E-state index contributed by atoms with van der Waals surface area (Å²) in [5.41, 5.74) is 3.29. The van der Waals surface area contributed by atoms with E-state index in [2.05, 4.69) is 35.8 Å². The van der Waals surface area contributed by atoms with E-state index in [0.717, 1.165) is 15.9 Å². The van der Waals surface area contributed by atoms with Crippen molar-refractivity contribution in [2.75, 3.05) is 18.6 Å². The average molecular weight is 414 g/mol. The third kappa shape index (κ3) is 3.44. The Balaban J connectivity index is 1.71. The molecule has 0 N–H and O–H groups in total. The highest BCUT2D eigenvalue weighted by Crippen LogP contribution is 2.46. The van der Waals surface area contributed by atoms with Crippen LogP contribution in [0.2, 0.25) is 0 Å². The minimum Gasteiger partial charge on any atom is -0.454 e. The third-order valence-corrected chi connectivity index (χ3v) is 5.19. The summed E-state index contributed by atoms with van der Waals surface area (Å²) in [4.78, 5) is 26.5. The van der Waals surface area contributed by atoms with Crippen molar-refractivity contribution in [3.05, 3.63) is 75.9 Å². The lowest BCUT2D eigenvalue weighted by atomic mass is 9.83. The number of fused-ring (bicyclic) bond motifs is 1. The Kier molecular flexibility index (Phi) is 5.01. The smallest absolute Gasteiger partial charge is 0.338 e. The highest BCUT2D eigenvalue weighted by atomic mass is 79.9. The van der Waals surface area contributed by atoms with Gasteiger partial charge in [-0.05, 0) is 35.9 Å². The molecule has 1 aliphatic rings. The van der Waals surface area contributed by atoms with Crippen molar-refractivity contribution < 1.29 is 14.3 Å². The molecule has 0 unspecified atom stereocenters. The zero-order valence-electron chi connectivity index (χ0n) is 15.0. The van der Waals surface area contributed by atoms with Gasteiger partial charge in [-0.1, -0.05) is 48.0 Å². The summed E-state index contributed by atoms with van der Waals surface area (Å²) >= 11 is 3.32. The van der Waals surface area contributed by atoms with Crippen LogP contribution in [0.3, 0.4) is 0 Å². The minimum absolute atomic E-state index is 0.238. The first kappa shape index (κ1) is 18.4. The monoisotopic (exact) mass is 413 g/mol. The van der Waals surface area contributed by atoms with Gasteiger partial charge >= 0.3 is 5.97 Å². The van der Waals surface area contributed by atoms with Gasteiger partial charge < -0.3 is 9.64 Å². The summed E-state index contributed by atoms with van der Waals surface area (Å²) < 4.78 is 6.03. The van der Waals surface area contributed by atoms with E-state index in [1.807, 2.05) is 30.1 Å². The summed E-state index contributed by atoms with van der Waals surface area (Å²) in [5.74, 6) is -0.746. The molecule has 0 aromatic heterocycles. The highest BCUT2D eigenvalue weighted by molar-refractivity contribution is 9.10. The number of rotatable bonds is 4. The predicted molar refractivity (Wildman–Crippen MR) is 105 cm³/mol. The van der Waals surface area contributed by atoms with Gasteiger partial charge in [0.05, 0.1) is 5.56 Å². The number of halogens is 1. The molecule has 0 fully saturated rings. The van der Waals surface area contributed by atoms with Crippen LogP contribution >= 0.6 is 15.9 Å². The fraction of sp³-hybridized carbons (Fsp3) is 0.238. The standard InChI is InChI=1S/C21H20BrNO3/c1-21(2)17-6-4-5-7-18(17)23(3)19(21)12-16(24)13-26-20(25)14-8-10-15(22)11-9-14/h4-12H,13H2,1-3H3/b19-12+. The van der Waals surface area contributed by atoms with Crippen molar-refractivity contribution in [1.82, 2.24) is 0 Å². The SMILES string of the molecule is CN1/C(=C/C(=O)COC(=O)c2ccc(Br)cc2)C(C)(C)c2ccccc21. The lowest BCUT2D eigenvalue weighted by Crippen LogP contribution is -2.25. The molecule has 3 rings (SSSR count). The maximum atomic E-state index is 12.4. The number of esters is 1. The van der Waals surface area contributed by atoms with E-state index in [1.165, 1.54) is 5.56 Å². The maximum absolute atomic E-state index is 12.4. The van der Waals surface area contributed by atoms with Crippen molar-refractivity contribution in [2.24, 2.45) is 0 Å². The Bertz CT molecular complexity index is 884. The molecule has 134 valence electrons. The second-order valence-corrected chi connectivity index (χ2v) is 7.70. The Morgan fingerprint density at radius 3 is 2.42 bits per heavy atom. The number of hydrogen-bond donors (Lipinski definition) is 0. The van der Waals surface area contributed by atoms with E-state index >= 15 is 0 Å². The predicted octanol–water partition coefficient (Wildman–Crippen LogP) is 4.49. The number of ketones is 1. The van der Waals surface area contributed by atoms with Gasteiger partial charge in [0.15, 0.2) is 12.4 Å². The average Bonchev–Trinajstić information content (AvgIpc) is 2.81. The van der Waals surface area contributed by atoms with Gasteiger partial charge in [0, 0.05) is 34.4 Å². The summed E-state index contributed by atoms with van der Waals surface area (Å²) in [5, 5.41) is 0. The van der Waals surface area contributed by atoms with Crippen LogP contribution in [-0.2, 0) is 14.9 Å². The lowest BCUT2D eigenvalue weighted by Gasteiger charge is -2.23. The number of likely N-dealkylation sites (N-methyl/N-ethyl adjacent to an activating group) is 1. The third-order valence-electron chi connectivity index (χ3n) is 4.66. The Labute approximate surface area is 161 Å². The molecule has 26 heavy (non-hydrogen) atoms. The molecule has 2 aromatic carbocycles. The molecule has 0 amide bonds. The maximum Gasteiger partial charge on any atom is 0.338 e. The van der Waals surface area contributed by atoms with E-state index in [-0.39, 0.29) is 17.8 Å². The molecule has 1 heterocycles. The number of ether oxygens (including phenoxy) is 1. The number of allylic oxidation sites excluding steroid dienone is 1. The highest BCUT2D eigenvalue weighted by Gasteiger charge is 2.38. The molecule has 1 aliphatic heterocycles. The molecule has 0 saturated carbocycles. The topological polar surface area (TPSA) is 46.6 Å². The molecule has 0 radical (unpaired) electrons. The van der Waals surface area contributed by atoms with Crippen LogP contribution in [0.1, 0.15) is 29.8 Å².